The summed E-state index contributed by atoms with van der Waals surface area (Å²) in [4.78, 5) is 28.9. The summed E-state index contributed by atoms with van der Waals surface area (Å²) >= 11 is 0. The van der Waals surface area contributed by atoms with Crippen LogP contribution < -0.4 is 5.73 Å². The van der Waals surface area contributed by atoms with E-state index in [9.17, 15) is 14.9 Å². The average Bonchev–Trinajstić information content (AvgIpc) is 3.38. The molecule has 2 N–H and O–H groups in total. The summed E-state index contributed by atoms with van der Waals surface area (Å²) < 4.78 is 2.27. The van der Waals surface area contributed by atoms with Gasteiger partial charge in [-0.1, -0.05) is 6.07 Å². The van der Waals surface area contributed by atoms with Crippen molar-refractivity contribution in [3.05, 3.63) is 35.5 Å². The van der Waals surface area contributed by atoms with Gasteiger partial charge in [0.2, 0.25) is 11.8 Å². The van der Waals surface area contributed by atoms with Crippen LogP contribution in [0.25, 0.3) is 10.9 Å². The molecule has 2 atom stereocenters. The van der Waals surface area contributed by atoms with E-state index in [4.69, 9.17) is 5.73 Å². The average molecular weight is 422 g/mol. The third kappa shape index (κ3) is 4.31. The Hall–Kier alpha value is -2.85. The molecular formula is C24H31N5O2. The SMILES string of the molecule is CCn1c(CC[C@@H]2CCCN2C(=O)CN2CCC[C@H](N)C2=O)cc2ccc(C#N)cc21. The zero-order valence-corrected chi connectivity index (χ0v) is 18.2. The minimum atomic E-state index is -0.464. The van der Waals surface area contributed by atoms with Crippen molar-refractivity contribution in [2.75, 3.05) is 19.6 Å². The van der Waals surface area contributed by atoms with E-state index in [1.54, 1.807) is 4.90 Å². The Labute approximate surface area is 183 Å². The molecule has 7 heteroatoms. The number of nitrogens with zero attached hydrogens (tertiary/aromatic N) is 4. The van der Waals surface area contributed by atoms with Crippen molar-refractivity contribution in [3.63, 3.8) is 0 Å². The highest BCUT2D eigenvalue weighted by Crippen LogP contribution is 2.26. The lowest BCUT2D eigenvalue weighted by Gasteiger charge is -2.32. The summed E-state index contributed by atoms with van der Waals surface area (Å²) in [6, 6.07) is 9.99. The largest absolute Gasteiger partial charge is 0.345 e. The van der Waals surface area contributed by atoms with Gasteiger partial charge in [0.1, 0.15) is 0 Å². The Morgan fingerprint density at radius 1 is 1.23 bits per heavy atom. The molecule has 2 saturated heterocycles. The molecule has 31 heavy (non-hydrogen) atoms. The fourth-order valence-electron chi connectivity index (χ4n) is 5.12. The fourth-order valence-corrected chi connectivity index (χ4v) is 5.12. The second-order valence-corrected chi connectivity index (χ2v) is 8.70. The van der Waals surface area contributed by atoms with Crippen molar-refractivity contribution in [2.45, 2.75) is 64.1 Å². The third-order valence-electron chi connectivity index (χ3n) is 6.76. The molecule has 0 aliphatic carbocycles. The lowest BCUT2D eigenvalue weighted by atomic mass is 10.1. The highest BCUT2D eigenvalue weighted by molar-refractivity contribution is 5.88. The van der Waals surface area contributed by atoms with Crippen LogP contribution in [0.1, 0.15) is 50.3 Å². The van der Waals surface area contributed by atoms with E-state index in [1.165, 1.54) is 5.69 Å². The minimum absolute atomic E-state index is 0.0413. The standard InChI is InChI=1S/C24H31N5O2/c1-2-28-20(14-18-8-7-17(15-25)13-22(18)28)10-9-19-5-3-12-29(19)23(30)16-27-11-4-6-21(26)24(27)31/h7-8,13-14,19,21H,2-6,9-12,16,26H2,1H3/t19-,21-/m0/s1. The number of benzene rings is 1. The Bertz CT molecular complexity index is 1020. The van der Waals surface area contributed by atoms with Crippen LogP contribution in [0.4, 0.5) is 0 Å². The van der Waals surface area contributed by atoms with Crippen LogP contribution in [0.15, 0.2) is 24.3 Å². The van der Waals surface area contributed by atoms with Crippen molar-refractivity contribution < 1.29 is 9.59 Å². The Kier molecular flexibility index (Phi) is 6.28. The molecule has 164 valence electrons. The van der Waals surface area contributed by atoms with E-state index >= 15 is 0 Å². The van der Waals surface area contributed by atoms with Gasteiger partial charge in [0.05, 0.1) is 24.2 Å². The third-order valence-corrected chi connectivity index (χ3v) is 6.76. The highest BCUT2D eigenvalue weighted by atomic mass is 16.2. The van der Waals surface area contributed by atoms with E-state index in [0.29, 0.717) is 18.5 Å². The number of carbonyl (C=O) groups is 2. The first-order chi connectivity index (χ1) is 15.0. The molecule has 0 unspecified atom stereocenters. The molecule has 1 aromatic carbocycles. The quantitative estimate of drug-likeness (QED) is 0.775. The monoisotopic (exact) mass is 421 g/mol. The number of likely N-dealkylation sites (tertiary alicyclic amines) is 2. The summed E-state index contributed by atoms with van der Waals surface area (Å²) in [5.74, 6) is -0.0563. The fraction of sp³-hybridized carbons (Fsp3) is 0.542. The number of nitriles is 1. The normalized spacial score (nSPS) is 21.6. The van der Waals surface area contributed by atoms with Gasteiger partial charge in [0.25, 0.3) is 0 Å². The summed E-state index contributed by atoms with van der Waals surface area (Å²) in [6.45, 7) is 4.50. The first kappa shape index (κ1) is 21.4. The van der Waals surface area contributed by atoms with Crippen molar-refractivity contribution in [1.82, 2.24) is 14.4 Å². The number of amides is 2. The van der Waals surface area contributed by atoms with Crippen LogP contribution in [-0.2, 0) is 22.6 Å². The minimum Gasteiger partial charge on any atom is -0.345 e. The second kappa shape index (κ2) is 9.11. The number of hydrogen-bond donors (Lipinski definition) is 1. The van der Waals surface area contributed by atoms with Crippen LogP contribution in [-0.4, -0.2) is 57.9 Å². The van der Waals surface area contributed by atoms with Gasteiger partial charge in [-0.15, -0.1) is 0 Å². The van der Waals surface area contributed by atoms with Crippen LogP contribution >= 0.6 is 0 Å². The van der Waals surface area contributed by atoms with E-state index in [0.717, 1.165) is 56.1 Å². The smallest absolute Gasteiger partial charge is 0.242 e. The van der Waals surface area contributed by atoms with Gasteiger partial charge in [-0.05, 0) is 69.0 Å². The number of carbonyl (C=O) groups excluding carboxylic acids is 2. The summed E-state index contributed by atoms with van der Waals surface area (Å²) in [6.07, 6.45) is 5.36. The molecule has 2 aliphatic heterocycles. The number of fused-ring (bicyclic) bond motifs is 1. The second-order valence-electron chi connectivity index (χ2n) is 8.70. The zero-order chi connectivity index (χ0) is 22.0. The maximum absolute atomic E-state index is 13.0. The molecule has 2 aromatic rings. The molecule has 2 amide bonds. The number of aryl methyl sites for hydroxylation is 2. The van der Waals surface area contributed by atoms with Crippen LogP contribution in [0.5, 0.6) is 0 Å². The first-order valence-electron chi connectivity index (χ1n) is 11.4. The molecule has 0 spiro atoms. The maximum Gasteiger partial charge on any atom is 0.242 e. The van der Waals surface area contributed by atoms with Gasteiger partial charge in [-0.2, -0.15) is 5.26 Å². The van der Waals surface area contributed by atoms with Gasteiger partial charge in [0, 0.05) is 36.9 Å². The van der Waals surface area contributed by atoms with E-state index in [1.807, 2.05) is 23.1 Å². The number of aromatic nitrogens is 1. The van der Waals surface area contributed by atoms with Crippen LogP contribution in [0.2, 0.25) is 0 Å². The van der Waals surface area contributed by atoms with Gasteiger partial charge < -0.3 is 20.1 Å². The van der Waals surface area contributed by atoms with E-state index < -0.39 is 6.04 Å². The highest BCUT2D eigenvalue weighted by Gasteiger charge is 2.32. The van der Waals surface area contributed by atoms with Crippen LogP contribution in [0, 0.1) is 11.3 Å². The number of piperidine rings is 1. The molecule has 3 heterocycles. The van der Waals surface area contributed by atoms with Crippen molar-refractivity contribution in [2.24, 2.45) is 5.73 Å². The number of nitrogens with two attached hydrogens (primary N) is 1. The summed E-state index contributed by atoms with van der Waals surface area (Å²) in [7, 11) is 0. The molecule has 0 radical (unpaired) electrons. The van der Waals surface area contributed by atoms with Crippen molar-refractivity contribution in [3.8, 4) is 6.07 Å². The predicted octanol–water partition coefficient (Wildman–Crippen LogP) is 2.41. The molecule has 4 rings (SSSR count). The Morgan fingerprint density at radius 3 is 2.81 bits per heavy atom. The molecular weight excluding hydrogens is 390 g/mol. The summed E-state index contributed by atoms with van der Waals surface area (Å²) in [5, 5.41) is 10.4. The van der Waals surface area contributed by atoms with Gasteiger partial charge in [-0.3, -0.25) is 9.59 Å². The maximum atomic E-state index is 13.0. The van der Waals surface area contributed by atoms with E-state index in [-0.39, 0.29) is 24.4 Å². The van der Waals surface area contributed by atoms with E-state index in [2.05, 4.69) is 23.6 Å². The van der Waals surface area contributed by atoms with Crippen molar-refractivity contribution in [1.29, 1.82) is 5.26 Å². The molecule has 2 aliphatic rings. The lowest BCUT2D eigenvalue weighted by molar-refractivity contribution is -0.143. The molecule has 0 saturated carbocycles. The summed E-state index contributed by atoms with van der Waals surface area (Å²) in [5.41, 5.74) is 8.88. The number of hydrogen-bond acceptors (Lipinski definition) is 4. The van der Waals surface area contributed by atoms with Gasteiger partial charge >= 0.3 is 0 Å². The predicted molar refractivity (Wildman–Crippen MR) is 119 cm³/mol. The van der Waals surface area contributed by atoms with Gasteiger partial charge in [0.15, 0.2) is 0 Å². The number of rotatable bonds is 6. The van der Waals surface area contributed by atoms with Crippen molar-refractivity contribution >= 4 is 22.7 Å². The first-order valence-corrected chi connectivity index (χ1v) is 11.4. The Balaban J connectivity index is 1.43. The Morgan fingerprint density at radius 2 is 2.03 bits per heavy atom. The topological polar surface area (TPSA) is 95.4 Å². The molecule has 7 nitrogen and oxygen atoms in total. The molecule has 2 fully saturated rings. The van der Waals surface area contributed by atoms with Crippen LogP contribution in [0.3, 0.4) is 0 Å². The molecule has 1 aromatic heterocycles. The zero-order valence-electron chi connectivity index (χ0n) is 18.2. The molecule has 0 bridgehead atoms. The van der Waals surface area contributed by atoms with Gasteiger partial charge in [-0.25, -0.2) is 0 Å². The lowest BCUT2D eigenvalue weighted by Crippen LogP contribution is -2.52.